The number of hydrogen-bond donors (Lipinski definition) is 1. The van der Waals surface area contributed by atoms with Gasteiger partial charge in [-0.3, -0.25) is 9.79 Å². The number of hydrogen-bond acceptors (Lipinski definition) is 6. The minimum Gasteiger partial charge on any atom is -0.451 e. The fourth-order valence-electron chi connectivity index (χ4n) is 5.08. The number of nitrogens with zero attached hydrogens (tertiary/aromatic N) is 4. The molecule has 7 nitrogen and oxygen atoms in total. The first-order valence-electron chi connectivity index (χ1n) is 12.0. The molecule has 2 N–H and O–H groups in total. The van der Waals surface area contributed by atoms with Crippen molar-refractivity contribution in [1.29, 1.82) is 0 Å². The van der Waals surface area contributed by atoms with Gasteiger partial charge in [-0.1, -0.05) is 0 Å². The molecule has 1 saturated heterocycles. The molecule has 1 amide bonds. The topological polar surface area (TPSA) is 93.7 Å². The van der Waals surface area contributed by atoms with Crippen molar-refractivity contribution >= 4 is 29.0 Å². The summed E-state index contributed by atoms with van der Waals surface area (Å²) in [6.07, 6.45) is 2.60. The van der Waals surface area contributed by atoms with Crippen LogP contribution in [-0.2, 0) is 4.79 Å². The third-order valence-corrected chi connectivity index (χ3v) is 7.18. The molecule has 39 heavy (non-hydrogen) atoms. The van der Waals surface area contributed by atoms with Crippen molar-refractivity contribution in [1.82, 2.24) is 14.9 Å². The number of rotatable bonds is 5. The number of alkyl halides is 1. The highest BCUT2D eigenvalue weighted by Crippen LogP contribution is 2.39. The fourth-order valence-corrected chi connectivity index (χ4v) is 5.25. The number of anilines is 1. The quantitative estimate of drug-likeness (QED) is 0.268. The lowest BCUT2D eigenvalue weighted by molar-refractivity contribution is -0.127. The number of ether oxygens (including phenoxy) is 1. The zero-order valence-corrected chi connectivity index (χ0v) is 21.0. The van der Waals surface area contributed by atoms with E-state index in [-0.39, 0.29) is 46.8 Å². The molecule has 3 aromatic rings. The van der Waals surface area contributed by atoms with Crippen LogP contribution in [0, 0.1) is 35.0 Å². The molecule has 204 valence electrons. The van der Waals surface area contributed by atoms with Crippen LogP contribution in [0.3, 0.4) is 0 Å². The van der Waals surface area contributed by atoms with Gasteiger partial charge >= 0.3 is 0 Å². The van der Waals surface area contributed by atoms with Gasteiger partial charge in [0, 0.05) is 43.2 Å². The molecule has 1 aromatic heterocycles. The molecule has 0 bridgehead atoms. The minimum atomic E-state index is -1.75. The van der Waals surface area contributed by atoms with Gasteiger partial charge in [0.15, 0.2) is 11.6 Å². The normalized spacial score (nSPS) is 18.9. The summed E-state index contributed by atoms with van der Waals surface area (Å²) in [6, 6.07) is 3.29. The van der Waals surface area contributed by atoms with Crippen molar-refractivity contribution in [2.45, 2.75) is 18.8 Å². The first-order valence-corrected chi connectivity index (χ1v) is 12.5. The lowest BCUT2D eigenvalue weighted by atomic mass is 9.83. The van der Waals surface area contributed by atoms with Crippen molar-refractivity contribution < 1.29 is 31.5 Å². The molecule has 3 heterocycles. The van der Waals surface area contributed by atoms with E-state index in [4.69, 9.17) is 22.1 Å². The van der Waals surface area contributed by atoms with Crippen LogP contribution in [0.2, 0.25) is 0 Å². The molecule has 2 unspecified atom stereocenters. The molecule has 5 rings (SSSR count). The monoisotopic (exact) mass is 565 g/mol. The fraction of sp³-hybridized carbons (Fsp3) is 0.308. The second-order valence-electron chi connectivity index (χ2n) is 9.21. The average molecular weight is 566 g/mol. The van der Waals surface area contributed by atoms with Crippen LogP contribution in [0.25, 0.3) is 0 Å². The van der Waals surface area contributed by atoms with E-state index in [1.807, 2.05) is 0 Å². The van der Waals surface area contributed by atoms with Crippen molar-refractivity contribution in [3.63, 3.8) is 0 Å². The number of benzene rings is 2. The van der Waals surface area contributed by atoms with Gasteiger partial charge in [0.05, 0.1) is 17.0 Å². The Kier molecular flexibility index (Phi) is 7.39. The second-order valence-corrected chi connectivity index (χ2v) is 9.48. The minimum absolute atomic E-state index is 0.0116. The Bertz CT molecular complexity index is 1460. The summed E-state index contributed by atoms with van der Waals surface area (Å²) in [6.45, 7) is 1.35. The zero-order chi connectivity index (χ0) is 27.8. The van der Waals surface area contributed by atoms with E-state index in [2.05, 4.69) is 15.0 Å². The van der Waals surface area contributed by atoms with E-state index < -0.39 is 40.6 Å². The number of carbonyl (C=O) groups is 1. The number of fused-ring (bicyclic) bond motifs is 1. The summed E-state index contributed by atoms with van der Waals surface area (Å²) in [7, 11) is 0. The smallest absolute Gasteiger partial charge is 0.237 e. The number of nitrogen functional groups attached to an aromatic ring is 1. The Morgan fingerprint density at radius 1 is 1.05 bits per heavy atom. The molecule has 0 aliphatic carbocycles. The highest BCUT2D eigenvalue weighted by Gasteiger charge is 2.37. The molecule has 1 fully saturated rings. The summed E-state index contributed by atoms with van der Waals surface area (Å²) >= 11 is 5.72. The van der Waals surface area contributed by atoms with Gasteiger partial charge in [0.2, 0.25) is 23.3 Å². The molecule has 0 radical (unpaired) electrons. The van der Waals surface area contributed by atoms with Crippen molar-refractivity contribution in [3.8, 4) is 11.5 Å². The van der Waals surface area contributed by atoms with Crippen LogP contribution >= 0.6 is 11.6 Å². The van der Waals surface area contributed by atoms with Crippen molar-refractivity contribution in [2.75, 3.05) is 31.2 Å². The molecule has 2 aliphatic heterocycles. The number of halogens is 6. The predicted octanol–water partition coefficient (Wildman–Crippen LogP) is 4.96. The predicted molar refractivity (Wildman–Crippen MR) is 132 cm³/mol. The van der Waals surface area contributed by atoms with Crippen molar-refractivity contribution in [3.05, 3.63) is 76.5 Å². The number of amides is 1. The lowest BCUT2D eigenvalue weighted by Crippen LogP contribution is -2.30. The number of nitrogens with two attached hydrogens (primary N) is 1. The van der Waals surface area contributed by atoms with E-state index in [1.165, 1.54) is 18.5 Å². The number of likely N-dealkylation sites (tertiary alicyclic amines) is 1. The molecule has 2 aliphatic rings. The van der Waals surface area contributed by atoms with Crippen LogP contribution in [0.15, 0.2) is 35.6 Å². The maximum atomic E-state index is 15.4. The van der Waals surface area contributed by atoms with E-state index in [1.54, 1.807) is 4.90 Å². The Morgan fingerprint density at radius 2 is 1.79 bits per heavy atom. The maximum absolute atomic E-state index is 15.4. The Morgan fingerprint density at radius 3 is 2.49 bits per heavy atom. The van der Waals surface area contributed by atoms with Gasteiger partial charge in [-0.25, -0.2) is 23.1 Å². The third-order valence-electron chi connectivity index (χ3n) is 6.95. The summed E-state index contributed by atoms with van der Waals surface area (Å²) in [5.41, 5.74) is 7.31. The van der Waals surface area contributed by atoms with E-state index in [9.17, 15) is 22.4 Å². The largest absolute Gasteiger partial charge is 0.451 e. The average Bonchev–Trinajstić information content (AvgIpc) is 3.32. The van der Waals surface area contributed by atoms with Gasteiger partial charge in [-0.15, -0.1) is 11.6 Å². The van der Waals surface area contributed by atoms with E-state index in [0.29, 0.717) is 37.3 Å². The zero-order valence-electron chi connectivity index (χ0n) is 20.2. The van der Waals surface area contributed by atoms with E-state index >= 15 is 4.39 Å². The highest BCUT2D eigenvalue weighted by molar-refractivity contribution is 6.27. The van der Waals surface area contributed by atoms with Crippen LogP contribution < -0.4 is 10.5 Å². The van der Waals surface area contributed by atoms with Crippen LogP contribution in [-0.4, -0.2) is 52.0 Å². The number of aliphatic imine (C=N–C) groups is 1. The summed E-state index contributed by atoms with van der Waals surface area (Å²) in [5.74, 6) is -9.73. The molecule has 0 saturated carbocycles. The molecule has 2 atom stereocenters. The van der Waals surface area contributed by atoms with Gasteiger partial charge < -0.3 is 15.4 Å². The van der Waals surface area contributed by atoms with Gasteiger partial charge in [-0.05, 0) is 30.9 Å². The van der Waals surface area contributed by atoms with Gasteiger partial charge in [0.25, 0.3) is 0 Å². The number of aromatic nitrogens is 2. The van der Waals surface area contributed by atoms with Crippen LogP contribution in [0.4, 0.5) is 27.8 Å². The maximum Gasteiger partial charge on any atom is 0.237 e. The van der Waals surface area contributed by atoms with Gasteiger partial charge in [-0.2, -0.15) is 8.78 Å². The van der Waals surface area contributed by atoms with Crippen LogP contribution in [0.5, 0.6) is 11.5 Å². The molecule has 13 heteroatoms. The Balaban J connectivity index is 1.48. The van der Waals surface area contributed by atoms with Crippen molar-refractivity contribution in [2.24, 2.45) is 10.9 Å². The second kappa shape index (κ2) is 10.8. The highest BCUT2D eigenvalue weighted by atomic mass is 35.5. The summed E-state index contributed by atoms with van der Waals surface area (Å²) < 4.78 is 75.5. The Hall–Kier alpha value is -3.80. The first-order chi connectivity index (χ1) is 18.7. The summed E-state index contributed by atoms with van der Waals surface area (Å²) in [4.78, 5) is 26.9. The SMILES string of the molecule is Nc1ncnc2c1C(c1ccc(Oc3c(F)c(F)cc(F)c3F)cc1F)=NCCC2C1CCN(C(=O)CCl)C1. The Labute approximate surface area is 224 Å². The van der Waals surface area contributed by atoms with Gasteiger partial charge in [0.1, 0.15) is 29.6 Å². The van der Waals surface area contributed by atoms with Crippen LogP contribution in [0.1, 0.15) is 35.6 Å². The van der Waals surface area contributed by atoms with E-state index in [0.717, 1.165) is 12.5 Å². The number of carbonyl (C=O) groups excluding carboxylic acids is 1. The molecular formula is C26H21ClF5N5O2. The molecular weight excluding hydrogens is 545 g/mol. The third kappa shape index (κ3) is 5.00. The molecule has 2 aromatic carbocycles. The standard InChI is InChI=1S/C26H21ClF5N5O2/c27-9-19(38)37-6-4-12(10-37)14-3-5-34-24(20-23(14)35-11-36-26(20)33)15-2-1-13(7-16(15)28)39-25-21(31)17(29)8-18(30)22(25)32/h1-2,7-8,11-12,14H,3-6,9-10H2,(H2,33,35,36). The first kappa shape index (κ1) is 26.8. The lowest BCUT2D eigenvalue weighted by Gasteiger charge is -2.24. The molecule has 0 spiro atoms. The summed E-state index contributed by atoms with van der Waals surface area (Å²) in [5, 5.41) is 0.